The van der Waals surface area contributed by atoms with E-state index in [4.69, 9.17) is 0 Å². The summed E-state index contributed by atoms with van der Waals surface area (Å²) in [7, 11) is -3.08. The van der Waals surface area contributed by atoms with Gasteiger partial charge in [-0.15, -0.1) is 0 Å². The highest BCUT2D eigenvalue weighted by Crippen LogP contribution is 2.27. The summed E-state index contributed by atoms with van der Waals surface area (Å²) in [5, 5.41) is 2.27. The highest BCUT2D eigenvalue weighted by atomic mass is 32.2. The van der Waals surface area contributed by atoms with Crippen LogP contribution in [0.5, 0.6) is 0 Å². The van der Waals surface area contributed by atoms with E-state index in [-0.39, 0.29) is 0 Å². The number of piperazine rings is 1. The van der Waals surface area contributed by atoms with Crippen LogP contribution in [0.25, 0.3) is 10.8 Å². The first kappa shape index (κ1) is 13.3. The van der Waals surface area contributed by atoms with Gasteiger partial charge in [-0.05, 0) is 12.1 Å². The molecule has 2 aromatic rings. The van der Waals surface area contributed by atoms with Crippen molar-refractivity contribution >= 4 is 26.5 Å². The van der Waals surface area contributed by atoms with Crippen LogP contribution in [0, 0.1) is 0 Å². The lowest BCUT2D eigenvalue weighted by Crippen LogP contribution is -2.48. The second kappa shape index (κ2) is 5.03. The van der Waals surface area contributed by atoms with Crippen LogP contribution in [0.1, 0.15) is 0 Å². The van der Waals surface area contributed by atoms with E-state index in [0.717, 1.165) is 16.5 Å². The van der Waals surface area contributed by atoms with Crippen LogP contribution in [-0.2, 0) is 10.0 Å². The minimum Gasteiger partial charge on any atom is -0.368 e. The number of rotatable bonds is 2. The predicted octanol–water partition coefficient (Wildman–Crippen LogP) is 1.32. The molecular weight excluding hydrogens is 274 g/mol. The molecule has 1 aromatic carbocycles. The Morgan fingerprint density at radius 2 is 1.85 bits per heavy atom. The van der Waals surface area contributed by atoms with Gasteiger partial charge in [0, 0.05) is 55.0 Å². The molecule has 20 heavy (non-hydrogen) atoms. The fourth-order valence-electron chi connectivity index (χ4n) is 2.64. The zero-order chi connectivity index (χ0) is 14.2. The lowest BCUT2D eigenvalue weighted by molar-refractivity contribution is 0.388. The molecular formula is C14H17N3O2S. The van der Waals surface area contributed by atoms with Crippen molar-refractivity contribution < 1.29 is 8.42 Å². The first-order valence-electron chi connectivity index (χ1n) is 6.58. The summed E-state index contributed by atoms with van der Waals surface area (Å²) in [6.07, 6.45) is 4.91. The molecule has 0 saturated carbocycles. The van der Waals surface area contributed by atoms with Crippen LogP contribution < -0.4 is 4.90 Å². The van der Waals surface area contributed by atoms with E-state index < -0.39 is 10.0 Å². The fourth-order valence-corrected chi connectivity index (χ4v) is 3.47. The van der Waals surface area contributed by atoms with Crippen molar-refractivity contribution in [2.75, 3.05) is 37.3 Å². The topological polar surface area (TPSA) is 53.5 Å². The third kappa shape index (κ3) is 2.48. The molecule has 5 nitrogen and oxygen atoms in total. The summed E-state index contributed by atoms with van der Waals surface area (Å²) in [4.78, 5) is 6.38. The van der Waals surface area contributed by atoms with Gasteiger partial charge < -0.3 is 4.90 Å². The van der Waals surface area contributed by atoms with Crippen LogP contribution in [0.3, 0.4) is 0 Å². The average molecular weight is 291 g/mol. The van der Waals surface area contributed by atoms with E-state index in [1.165, 1.54) is 10.6 Å². The molecule has 3 rings (SSSR count). The Kier molecular flexibility index (Phi) is 3.35. The molecule has 106 valence electrons. The van der Waals surface area contributed by atoms with Gasteiger partial charge in [0.05, 0.1) is 6.26 Å². The van der Waals surface area contributed by atoms with Crippen molar-refractivity contribution in [3.8, 4) is 0 Å². The minimum atomic E-state index is -3.08. The van der Waals surface area contributed by atoms with Crippen molar-refractivity contribution in [3.05, 3.63) is 36.7 Å². The minimum absolute atomic E-state index is 0.542. The second-order valence-corrected chi connectivity index (χ2v) is 7.01. The number of hydrogen-bond donors (Lipinski definition) is 0. The first-order chi connectivity index (χ1) is 9.55. The Hall–Kier alpha value is -1.66. The SMILES string of the molecule is CS(=O)(=O)N1CCN(c2cccc3cnccc23)CC1. The quantitative estimate of drug-likeness (QED) is 0.837. The molecule has 0 atom stereocenters. The third-order valence-corrected chi connectivity index (χ3v) is 5.01. The Morgan fingerprint density at radius 3 is 2.55 bits per heavy atom. The van der Waals surface area contributed by atoms with Gasteiger partial charge in [0.15, 0.2) is 0 Å². The number of hydrogen-bond acceptors (Lipinski definition) is 4. The van der Waals surface area contributed by atoms with Crippen LogP contribution >= 0.6 is 0 Å². The molecule has 0 spiro atoms. The number of nitrogens with zero attached hydrogens (tertiary/aromatic N) is 3. The number of aromatic nitrogens is 1. The summed E-state index contributed by atoms with van der Waals surface area (Å²) in [5.41, 5.74) is 1.15. The number of pyridine rings is 1. The van der Waals surface area contributed by atoms with Crippen molar-refractivity contribution in [2.24, 2.45) is 0 Å². The predicted molar refractivity (Wildman–Crippen MR) is 80.4 cm³/mol. The van der Waals surface area contributed by atoms with Gasteiger partial charge in [-0.25, -0.2) is 8.42 Å². The monoisotopic (exact) mass is 291 g/mol. The molecule has 0 unspecified atom stereocenters. The maximum absolute atomic E-state index is 11.5. The van der Waals surface area contributed by atoms with Gasteiger partial charge in [-0.2, -0.15) is 4.31 Å². The number of anilines is 1. The molecule has 0 aliphatic carbocycles. The molecule has 1 saturated heterocycles. The molecule has 0 amide bonds. The molecule has 0 N–H and O–H groups in total. The van der Waals surface area contributed by atoms with Gasteiger partial charge in [0.25, 0.3) is 0 Å². The van der Waals surface area contributed by atoms with Crippen molar-refractivity contribution in [1.82, 2.24) is 9.29 Å². The van der Waals surface area contributed by atoms with Crippen LogP contribution in [-0.4, -0.2) is 50.1 Å². The first-order valence-corrected chi connectivity index (χ1v) is 8.43. The van der Waals surface area contributed by atoms with E-state index >= 15 is 0 Å². The molecule has 1 fully saturated rings. The summed E-state index contributed by atoms with van der Waals surface area (Å²) in [5.74, 6) is 0. The third-order valence-electron chi connectivity index (χ3n) is 3.71. The van der Waals surface area contributed by atoms with E-state index in [9.17, 15) is 8.42 Å². The van der Waals surface area contributed by atoms with E-state index in [2.05, 4.69) is 16.0 Å². The summed E-state index contributed by atoms with van der Waals surface area (Å²) in [6, 6.07) is 8.15. The maximum atomic E-state index is 11.5. The van der Waals surface area contributed by atoms with Crippen molar-refractivity contribution in [2.45, 2.75) is 0 Å². The number of fused-ring (bicyclic) bond motifs is 1. The molecule has 0 bridgehead atoms. The number of sulfonamides is 1. The Balaban J connectivity index is 1.87. The van der Waals surface area contributed by atoms with Gasteiger partial charge in [-0.3, -0.25) is 4.98 Å². The molecule has 2 heterocycles. The number of benzene rings is 1. The smallest absolute Gasteiger partial charge is 0.211 e. The van der Waals surface area contributed by atoms with Crippen molar-refractivity contribution in [3.63, 3.8) is 0 Å². The van der Waals surface area contributed by atoms with E-state index in [0.29, 0.717) is 26.2 Å². The van der Waals surface area contributed by atoms with Crippen LogP contribution in [0.2, 0.25) is 0 Å². The van der Waals surface area contributed by atoms with Crippen LogP contribution in [0.4, 0.5) is 5.69 Å². The maximum Gasteiger partial charge on any atom is 0.211 e. The Morgan fingerprint density at radius 1 is 1.10 bits per heavy atom. The standard InChI is InChI=1S/C14H17N3O2S/c1-20(18,19)17-9-7-16(8-10-17)14-4-2-3-12-11-15-6-5-13(12)14/h2-6,11H,7-10H2,1H3. The van der Waals surface area contributed by atoms with Gasteiger partial charge >= 0.3 is 0 Å². The van der Waals surface area contributed by atoms with Gasteiger partial charge in [-0.1, -0.05) is 12.1 Å². The van der Waals surface area contributed by atoms with E-state index in [1.807, 2.05) is 24.4 Å². The summed E-state index contributed by atoms with van der Waals surface area (Å²) < 4.78 is 24.6. The molecule has 1 aromatic heterocycles. The molecule has 1 aliphatic rings. The van der Waals surface area contributed by atoms with Gasteiger partial charge in [0.1, 0.15) is 0 Å². The van der Waals surface area contributed by atoms with Crippen LogP contribution in [0.15, 0.2) is 36.7 Å². The largest absolute Gasteiger partial charge is 0.368 e. The lowest BCUT2D eigenvalue weighted by atomic mass is 10.1. The zero-order valence-electron chi connectivity index (χ0n) is 11.4. The molecule has 6 heteroatoms. The second-order valence-electron chi connectivity index (χ2n) is 5.02. The average Bonchev–Trinajstić information content (AvgIpc) is 2.46. The molecule has 0 radical (unpaired) electrons. The lowest BCUT2D eigenvalue weighted by Gasteiger charge is -2.35. The molecule has 1 aliphatic heterocycles. The fraction of sp³-hybridized carbons (Fsp3) is 0.357. The summed E-state index contributed by atoms with van der Waals surface area (Å²) in [6.45, 7) is 2.52. The Bertz CT molecular complexity index is 717. The highest BCUT2D eigenvalue weighted by molar-refractivity contribution is 7.88. The van der Waals surface area contributed by atoms with Gasteiger partial charge in [0.2, 0.25) is 10.0 Å². The summed E-state index contributed by atoms with van der Waals surface area (Å²) >= 11 is 0. The van der Waals surface area contributed by atoms with E-state index in [1.54, 1.807) is 6.20 Å². The zero-order valence-corrected chi connectivity index (χ0v) is 12.2. The van der Waals surface area contributed by atoms with Crippen molar-refractivity contribution in [1.29, 1.82) is 0 Å². The Labute approximate surface area is 118 Å². The normalized spacial score (nSPS) is 17.6. The highest BCUT2D eigenvalue weighted by Gasteiger charge is 2.24.